The van der Waals surface area contributed by atoms with Gasteiger partial charge in [-0.15, -0.1) is 0 Å². The number of nitrogens with zero attached hydrogens (tertiary/aromatic N) is 2. The Labute approximate surface area is 103 Å². The summed E-state index contributed by atoms with van der Waals surface area (Å²) in [7, 11) is 0. The second-order valence-corrected chi connectivity index (χ2v) is 4.56. The maximum Gasteiger partial charge on any atom is 0.285 e. The number of hydrogen-bond donors (Lipinski definition) is 0. The van der Waals surface area contributed by atoms with Crippen molar-refractivity contribution >= 4 is 11.5 Å². The van der Waals surface area contributed by atoms with E-state index in [1.54, 1.807) is 0 Å². The van der Waals surface area contributed by atoms with E-state index in [0.717, 1.165) is 48.6 Å². The third-order valence-corrected chi connectivity index (χ3v) is 3.32. The first kappa shape index (κ1) is 12.5. The molecule has 0 amide bonds. The smallest absolute Gasteiger partial charge is 0.285 e. The summed E-state index contributed by atoms with van der Waals surface area (Å²) in [6.07, 6.45) is 4.95. The van der Waals surface area contributed by atoms with Gasteiger partial charge in [0, 0.05) is 18.1 Å². The van der Waals surface area contributed by atoms with Crippen LogP contribution in [0.15, 0.2) is 23.1 Å². The molecule has 18 heavy (non-hydrogen) atoms. The summed E-state index contributed by atoms with van der Waals surface area (Å²) < 4.78 is 1.12. The molecule has 1 saturated carbocycles. The van der Waals surface area contributed by atoms with E-state index in [2.05, 4.69) is 0 Å². The van der Waals surface area contributed by atoms with Crippen molar-refractivity contribution in [2.75, 3.05) is 0 Å². The molecule has 6 nitrogen and oxygen atoms in total. The Morgan fingerprint density at radius 3 is 2.67 bits per heavy atom. The van der Waals surface area contributed by atoms with E-state index in [1.807, 2.05) is 0 Å². The molecule has 0 spiro atoms. The molecule has 0 unspecified atom stereocenters. The maximum absolute atomic E-state index is 11.9. The van der Waals surface area contributed by atoms with E-state index in [4.69, 9.17) is 0 Å². The molecule has 1 aliphatic rings. The van der Waals surface area contributed by atoms with Gasteiger partial charge < -0.3 is 4.57 Å². The summed E-state index contributed by atoms with van der Waals surface area (Å²) in [5.74, 6) is 0.00580. The number of rotatable bonds is 4. The van der Waals surface area contributed by atoms with E-state index in [-0.39, 0.29) is 29.5 Å². The summed E-state index contributed by atoms with van der Waals surface area (Å²) in [6.45, 7) is -0.0643. The number of ketones is 1. The molecule has 0 saturated heterocycles. The fraction of sp³-hybridized carbons (Fsp3) is 0.500. The number of hydrogen-bond acceptors (Lipinski definition) is 4. The summed E-state index contributed by atoms with van der Waals surface area (Å²) in [4.78, 5) is 33.5. The molecule has 96 valence electrons. The molecule has 0 aliphatic heterocycles. The second kappa shape index (κ2) is 5.12. The van der Waals surface area contributed by atoms with Crippen molar-refractivity contribution in [1.82, 2.24) is 4.57 Å². The topological polar surface area (TPSA) is 82.2 Å². The van der Waals surface area contributed by atoms with Gasteiger partial charge in [0.15, 0.2) is 5.78 Å². The molecule has 0 radical (unpaired) electrons. The van der Waals surface area contributed by atoms with E-state index >= 15 is 0 Å². The van der Waals surface area contributed by atoms with Crippen LogP contribution in [0.3, 0.4) is 0 Å². The minimum absolute atomic E-state index is 0.00454. The van der Waals surface area contributed by atoms with Crippen LogP contribution in [0.25, 0.3) is 0 Å². The van der Waals surface area contributed by atoms with E-state index in [0.29, 0.717) is 0 Å². The molecule has 1 aliphatic carbocycles. The molecule has 1 heterocycles. The average molecular weight is 250 g/mol. The third kappa shape index (κ3) is 2.64. The highest BCUT2D eigenvalue weighted by molar-refractivity contribution is 5.81. The van der Waals surface area contributed by atoms with Gasteiger partial charge in [0.05, 0.1) is 17.7 Å². The molecule has 1 aromatic rings. The fourth-order valence-corrected chi connectivity index (χ4v) is 2.30. The van der Waals surface area contributed by atoms with Crippen LogP contribution in [-0.2, 0) is 11.3 Å². The van der Waals surface area contributed by atoms with Crippen LogP contribution in [0.2, 0.25) is 0 Å². The largest absolute Gasteiger partial charge is 0.301 e. The highest BCUT2D eigenvalue weighted by atomic mass is 16.6. The summed E-state index contributed by atoms with van der Waals surface area (Å²) >= 11 is 0. The van der Waals surface area contributed by atoms with Crippen molar-refractivity contribution in [3.63, 3.8) is 0 Å². The Morgan fingerprint density at radius 1 is 1.39 bits per heavy atom. The SMILES string of the molecule is O=C(Cn1cc([N+](=O)[O-])ccc1=O)C1CCCC1. The van der Waals surface area contributed by atoms with Gasteiger partial charge >= 0.3 is 0 Å². The van der Waals surface area contributed by atoms with Crippen molar-refractivity contribution < 1.29 is 9.72 Å². The summed E-state index contributed by atoms with van der Waals surface area (Å²) in [5, 5.41) is 10.6. The van der Waals surface area contributed by atoms with E-state index < -0.39 is 4.92 Å². The van der Waals surface area contributed by atoms with Crippen LogP contribution in [0, 0.1) is 16.0 Å². The molecule has 0 aromatic carbocycles. The normalized spacial score (nSPS) is 15.8. The molecule has 2 rings (SSSR count). The first-order chi connectivity index (χ1) is 8.58. The Kier molecular flexibility index (Phi) is 3.55. The van der Waals surface area contributed by atoms with Gasteiger partial charge in [-0.1, -0.05) is 12.8 Å². The van der Waals surface area contributed by atoms with Gasteiger partial charge in [-0.05, 0) is 12.8 Å². The van der Waals surface area contributed by atoms with Crippen LogP contribution < -0.4 is 5.56 Å². The zero-order chi connectivity index (χ0) is 13.1. The average Bonchev–Trinajstić information content (AvgIpc) is 2.85. The Bertz CT molecular complexity index is 529. The first-order valence-electron chi connectivity index (χ1n) is 5.95. The maximum atomic E-state index is 11.9. The highest BCUT2D eigenvalue weighted by Crippen LogP contribution is 2.25. The van der Waals surface area contributed by atoms with Crippen LogP contribution in [0.4, 0.5) is 5.69 Å². The third-order valence-electron chi connectivity index (χ3n) is 3.32. The lowest BCUT2D eigenvalue weighted by Crippen LogP contribution is -2.26. The van der Waals surface area contributed by atoms with Crippen LogP contribution in [0.1, 0.15) is 25.7 Å². The Hall–Kier alpha value is -1.98. The molecule has 1 fully saturated rings. The molecule has 0 bridgehead atoms. The fourth-order valence-electron chi connectivity index (χ4n) is 2.30. The van der Waals surface area contributed by atoms with Crippen molar-refractivity contribution in [3.8, 4) is 0 Å². The van der Waals surface area contributed by atoms with Gasteiger partial charge in [-0.25, -0.2) is 0 Å². The van der Waals surface area contributed by atoms with Crippen molar-refractivity contribution in [3.05, 3.63) is 38.8 Å². The zero-order valence-electron chi connectivity index (χ0n) is 9.87. The van der Waals surface area contributed by atoms with Gasteiger partial charge in [0.1, 0.15) is 0 Å². The lowest BCUT2D eigenvalue weighted by atomic mass is 10.0. The number of carbonyl (C=O) groups excluding carboxylic acids is 1. The molecule has 0 N–H and O–H groups in total. The highest BCUT2D eigenvalue weighted by Gasteiger charge is 2.23. The Balaban J connectivity index is 2.17. The summed E-state index contributed by atoms with van der Waals surface area (Å²) in [6, 6.07) is 2.28. The van der Waals surface area contributed by atoms with E-state index in [9.17, 15) is 19.7 Å². The minimum atomic E-state index is -0.573. The van der Waals surface area contributed by atoms with Crippen LogP contribution >= 0.6 is 0 Å². The quantitative estimate of drug-likeness (QED) is 0.599. The predicted octanol–water partition coefficient (Wildman–Crippen LogP) is 1.52. The van der Waals surface area contributed by atoms with Crippen LogP contribution in [0.5, 0.6) is 0 Å². The number of carbonyl (C=O) groups is 1. The van der Waals surface area contributed by atoms with Crippen molar-refractivity contribution in [1.29, 1.82) is 0 Å². The second-order valence-electron chi connectivity index (χ2n) is 4.56. The predicted molar refractivity (Wildman–Crippen MR) is 64.3 cm³/mol. The van der Waals surface area contributed by atoms with Crippen molar-refractivity contribution in [2.45, 2.75) is 32.2 Å². The standard InChI is InChI=1S/C12H14N2O4/c15-11(9-3-1-2-4-9)8-13-7-10(14(17)18)5-6-12(13)16/h5-7,9H,1-4,8H2. The lowest BCUT2D eigenvalue weighted by Gasteiger charge is -2.09. The Morgan fingerprint density at radius 2 is 2.06 bits per heavy atom. The molecule has 0 atom stereocenters. The van der Waals surface area contributed by atoms with Crippen LogP contribution in [-0.4, -0.2) is 15.3 Å². The number of Topliss-reactive ketones (excluding diaryl/α,β-unsaturated/α-hetero) is 1. The zero-order valence-corrected chi connectivity index (χ0v) is 9.87. The minimum Gasteiger partial charge on any atom is -0.301 e. The monoisotopic (exact) mass is 250 g/mol. The van der Waals surface area contributed by atoms with Gasteiger partial charge in [0.2, 0.25) is 0 Å². The van der Waals surface area contributed by atoms with Gasteiger partial charge in [-0.2, -0.15) is 0 Å². The number of aromatic nitrogens is 1. The molecular formula is C12H14N2O4. The first-order valence-corrected chi connectivity index (χ1v) is 5.95. The van der Waals surface area contributed by atoms with Gasteiger partial charge in [0.25, 0.3) is 11.2 Å². The number of pyridine rings is 1. The van der Waals surface area contributed by atoms with E-state index in [1.165, 1.54) is 0 Å². The van der Waals surface area contributed by atoms with Gasteiger partial charge in [-0.3, -0.25) is 19.7 Å². The lowest BCUT2D eigenvalue weighted by molar-refractivity contribution is -0.385. The molecular weight excluding hydrogens is 236 g/mol. The molecule has 1 aromatic heterocycles. The number of nitro groups is 1. The summed E-state index contributed by atoms with van der Waals surface area (Å²) in [5.41, 5.74) is -0.555. The van der Waals surface area contributed by atoms with Crippen molar-refractivity contribution in [2.24, 2.45) is 5.92 Å². The molecule has 6 heteroatoms.